The molecule has 0 aromatic heterocycles. The number of carboxylic acid groups (broad SMARTS) is 1. The minimum Gasteiger partial charge on any atom is -0.480 e. The molecule has 0 radical (unpaired) electrons. The van der Waals surface area contributed by atoms with Crippen molar-refractivity contribution in [2.24, 2.45) is 11.7 Å². The highest BCUT2D eigenvalue weighted by Gasteiger charge is 2.26. The Balaban J connectivity index is 2.43. The van der Waals surface area contributed by atoms with Crippen molar-refractivity contribution >= 4 is 11.9 Å². The molecule has 0 bridgehead atoms. The third-order valence-corrected chi connectivity index (χ3v) is 2.91. The summed E-state index contributed by atoms with van der Waals surface area (Å²) in [5.41, 5.74) is 5.65. The van der Waals surface area contributed by atoms with E-state index in [0.717, 1.165) is 0 Å². The van der Waals surface area contributed by atoms with Gasteiger partial charge in [0.15, 0.2) is 0 Å². The van der Waals surface area contributed by atoms with Crippen molar-refractivity contribution in [1.82, 2.24) is 5.32 Å². The number of hydrogen-bond donors (Lipinski definition) is 3. The Kier molecular flexibility index (Phi) is 5.80. The zero-order valence-corrected chi connectivity index (χ0v) is 10.5. The van der Waals surface area contributed by atoms with E-state index in [1.54, 1.807) is 19.3 Å². The van der Waals surface area contributed by atoms with Gasteiger partial charge in [-0.25, -0.2) is 4.79 Å². The Bertz CT molecular complexity index is 330. The van der Waals surface area contributed by atoms with Crippen molar-refractivity contribution in [1.29, 1.82) is 0 Å². The molecule has 1 rings (SSSR count). The molecule has 4 N–H and O–H groups in total. The van der Waals surface area contributed by atoms with Crippen LogP contribution >= 0.6 is 0 Å². The van der Waals surface area contributed by atoms with Crippen LogP contribution in [0.15, 0.2) is 12.2 Å². The molecule has 1 aliphatic rings. The van der Waals surface area contributed by atoms with Crippen molar-refractivity contribution in [3.8, 4) is 0 Å². The summed E-state index contributed by atoms with van der Waals surface area (Å²) in [5.74, 6) is -1.61. The van der Waals surface area contributed by atoms with Gasteiger partial charge in [-0.3, -0.25) is 4.79 Å². The first kappa shape index (κ1) is 14.7. The van der Waals surface area contributed by atoms with Crippen LogP contribution < -0.4 is 11.1 Å². The maximum absolute atomic E-state index is 11.8. The predicted molar refractivity (Wildman–Crippen MR) is 65.9 cm³/mol. The summed E-state index contributed by atoms with van der Waals surface area (Å²) >= 11 is 0. The molecular formula is C12H20N2O4. The van der Waals surface area contributed by atoms with Crippen LogP contribution in [0, 0.1) is 5.92 Å². The molecule has 18 heavy (non-hydrogen) atoms. The lowest BCUT2D eigenvalue weighted by molar-refractivity contribution is -0.142. The first-order valence-electron chi connectivity index (χ1n) is 6.00. The number of rotatable bonds is 7. The fourth-order valence-electron chi connectivity index (χ4n) is 1.89. The molecule has 0 aromatic carbocycles. The molecule has 102 valence electrons. The van der Waals surface area contributed by atoms with Crippen LogP contribution in [0.25, 0.3) is 0 Å². The van der Waals surface area contributed by atoms with Gasteiger partial charge < -0.3 is 20.9 Å². The Hall–Kier alpha value is -1.40. The lowest BCUT2D eigenvalue weighted by atomic mass is 10.1. The Labute approximate surface area is 106 Å². The number of carbonyl (C=O) groups excluding carboxylic acids is 1. The van der Waals surface area contributed by atoms with E-state index in [-0.39, 0.29) is 17.9 Å². The van der Waals surface area contributed by atoms with Gasteiger partial charge in [-0.15, -0.1) is 0 Å². The van der Waals surface area contributed by atoms with Gasteiger partial charge in [0.25, 0.3) is 0 Å². The van der Waals surface area contributed by atoms with Crippen LogP contribution in [-0.2, 0) is 14.3 Å². The molecule has 3 atom stereocenters. The number of carboxylic acids is 1. The van der Waals surface area contributed by atoms with Crippen molar-refractivity contribution in [2.75, 3.05) is 13.7 Å². The highest BCUT2D eigenvalue weighted by Crippen LogP contribution is 2.16. The SMILES string of the molecule is COCCCC(NC(=O)C1C=CC(N)C1)C(=O)O. The molecule has 0 heterocycles. The minimum atomic E-state index is -1.02. The average molecular weight is 256 g/mol. The van der Waals surface area contributed by atoms with E-state index < -0.39 is 12.0 Å². The van der Waals surface area contributed by atoms with Gasteiger partial charge >= 0.3 is 5.97 Å². The molecule has 0 aromatic rings. The smallest absolute Gasteiger partial charge is 0.326 e. The zero-order valence-electron chi connectivity index (χ0n) is 10.5. The number of aliphatic carboxylic acids is 1. The van der Waals surface area contributed by atoms with Crippen molar-refractivity contribution in [3.05, 3.63) is 12.2 Å². The lowest BCUT2D eigenvalue weighted by Gasteiger charge is -2.17. The summed E-state index contributed by atoms with van der Waals surface area (Å²) in [6.07, 6.45) is 4.99. The van der Waals surface area contributed by atoms with Gasteiger partial charge in [-0.05, 0) is 19.3 Å². The van der Waals surface area contributed by atoms with Gasteiger partial charge in [0.05, 0.1) is 5.92 Å². The normalized spacial score (nSPS) is 23.9. The topological polar surface area (TPSA) is 102 Å². The number of amides is 1. The second kappa shape index (κ2) is 7.13. The second-order valence-corrected chi connectivity index (χ2v) is 4.43. The number of ether oxygens (including phenoxy) is 1. The van der Waals surface area contributed by atoms with Crippen LogP contribution in [0.4, 0.5) is 0 Å². The Morgan fingerprint density at radius 3 is 2.78 bits per heavy atom. The lowest BCUT2D eigenvalue weighted by Crippen LogP contribution is -2.43. The third-order valence-electron chi connectivity index (χ3n) is 2.91. The average Bonchev–Trinajstić information content (AvgIpc) is 2.74. The van der Waals surface area contributed by atoms with E-state index in [4.69, 9.17) is 15.6 Å². The van der Waals surface area contributed by atoms with E-state index in [1.807, 2.05) is 0 Å². The van der Waals surface area contributed by atoms with Gasteiger partial charge in [-0.1, -0.05) is 12.2 Å². The first-order chi connectivity index (χ1) is 8.54. The van der Waals surface area contributed by atoms with Gasteiger partial charge in [-0.2, -0.15) is 0 Å². The number of hydrogen-bond acceptors (Lipinski definition) is 4. The maximum Gasteiger partial charge on any atom is 0.326 e. The summed E-state index contributed by atoms with van der Waals surface area (Å²) in [6.45, 7) is 0.480. The van der Waals surface area contributed by atoms with E-state index in [1.165, 1.54) is 0 Å². The largest absolute Gasteiger partial charge is 0.480 e. The summed E-state index contributed by atoms with van der Waals surface area (Å²) in [4.78, 5) is 22.8. The fourth-order valence-corrected chi connectivity index (χ4v) is 1.89. The van der Waals surface area contributed by atoms with E-state index >= 15 is 0 Å². The third kappa shape index (κ3) is 4.46. The quantitative estimate of drug-likeness (QED) is 0.435. The van der Waals surface area contributed by atoms with Crippen LogP contribution in [0.5, 0.6) is 0 Å². The van der Waals surface area contributed by atoms with Crippen LogP contribution in [0.1, 0.15) is 19.3 Å². The van der Waals surface area contributed by atoms with Crippen LogP contribution in [0.2, 0.25) is 0 Å². The van der Waals surface area contributed by atoms with Crippen molar-refractivity contribution in [2.45, 2.75) is 31.3 Å². The van der Waals surface area contributed by atoms with Crippen molar-refractivity contribution < 1.29 is 19.4 Å². The summed E-state index contributed by atoms with van der Waals surface area (Å²) in [6, 6.07) is -0.976. The molecule has 0 fully saturated rings. The summed E-state index contributed by atoms with van der Waals surface area (Å²) < 4.78 is 4.86. The molecule has 6 nitrogen and oxygen atoms in total. The monoisotopic (exact) mass is 256 g/mol. The maximum atomic E-state index is 11.8. The molecule has 1 amide bonds. The standard InChI is InChI=1S/C12H20N2O4/c1-18-6-2-3-10(12(16)17)14-11(15)8-4-5-9(13)7-8/h4-5,8-10H,2-3,6-7,13H2,1H3,(H,14,15)(H,16,17). The number of nitrogens with two attached hydrogens (primary N) is 1. The van der Waals surface area contributed by atoms with Crippen molar-refractivity contribution in [3.63, 3.8) is 0 Å². The summed E-state index contributed by atoms with van der Waals surface area (Å²) in [7, 11) is 1.55. The van der Waals surface area contributed by atoms with Gasteiger partial charge in [0.1, 0.15) is 6.04 Å². The van der Waals surface area contributed by atoms with E-state index in [2.05, 4.69) is 5.32 Å². The van der Waals surface area contributed by atoms with Crippen LogP contribution in [-0.4, -0.2) is 42.8 Å². The molecule has 0 aliphatic heterocycles. The minimum absolute atomic E-state index is 0.113. The summed E-state index contributed by atoms with van der Waals surface area (Å²) in [5, 5.41) is 11.6. The Morgan fingerprint density at radius 1 is 1.56 bits per heavy atom. The molecule has 6 heteroatoms. The predicted octanol–water partition coefficient (Wildman–Crippen LogP) is -0.114. The Morgan fingerprint density at radius 2 is 2.28 bits per heavy atom. The molecule has 1 aliphatic carbocycles. The number of nitrogens with one attached hydrogen (secondary N) is 1. The molecule has 0 saturated carbocycles. The van der Waals surface area contributed by atoms with Gasteiger partial charge in [0.2, 0.25) is 5.91 Å². The molecule has 0 spiro atoms. The number of methoxy groups -OCH3 is 1. The zero-order chi connectivity index (χ0) is 13.5. The fraction of sp³-hybridized carbons (Fsp3) is 0.667. The number of carbonyl (C=O) groups is 2. The highest BCUT2D eigenvalue weighted by molar-refractivity contribution is 5.86. The van der Waals surface area contributed by atoms with E-state index in [0.29, 0.717) is 25.9 Å². The molecular weight excluding hydrogens is 236 g/mol. The van der Waals surface area contributed by atoms with E-state index in [9.17, 15) is 9.59 Å². The van der Waals surface area contributed by atoms with Crippen LogP contribution in [0.3, 0.4) is 0 Å². The molecule has 3 unspecified atom stereocenters. The highest BCUT2D eigenvalue weighted by atomic mass is 16.5. The first-order valence-corrected chi connectivity index (χ1v) is 6.00. The van der Waals surface area contributed by atoms with Gasteiger partial charge in [0, 0.05) is 19.8 Å². The molecule has 0 saturated heterocycles. The second-order valence-electron chi connectivity index (χ2n) is 4.43.